The molecule has 0 saturated heterocycles. The number of nitriles is 1. The largest absolute Gasteiger partial charge is 0.505 e. The summed E-state index contributed by atoms with van der Waals surface area (Å²) in [6.45, 7) is 0. The Labute approximate surface area is 75.2 Å². The molecule has 68 valence electrons. The molecule has 0 aliphatic heterocycles. The van der Waals surface area contributed by atoms with Crippen LogP contribution in [0.5, 0.6) is 5.75 Å². The Bertz CT molecular complexity index is 346. The van der Waals surface area contributed by atoms with E-state index in [2.05, 4.69) is 0 Å². The van der Waals surface area contributed by atoms with Gasteiger partial charge in [-0.15, -0.1) is 0 Å². The molecule has 3 N–H and O–H groups in total. The molecule has 0 aliphatic rings. The van der Waals surface area contributed by atoms with Gasteiger partial charge in [0.15, 0.2) is 11.6 Å². The maximum atomic E-state index is 13.1. The summed E-state index contributed by atoms with van der Waals surface area (Å²) in [6.07, 6.45) is 0.0281. The number of rotatable bonds is 2. The Balaban J connectivity index is 3.02. The van der Waals surface area contributed by atoms with Gasteiger partial charge in [0.05, 0.1) is 12.5 Å². The number of phenolic OH excluding ortho intramolecular Hbond substituents is 1. The summed E-state index contributed by atoms with van der Waals surface area (Å²) < 4.78 is 13.1. The molecule has 0 saturated carbocycles. The quantitative estimate of drug-likeness (QED) is 0.723. The van der Waals surface area contributed by atoms with Gasteiger partial charge >= 0.3 is 0 Å². The molecule has 0 fully saturated rings. The summed E-state index contributed by atoms with van der Waals surface area (Å²) in [6, 6.07) is 5.34. The van der Waals surface area contributed by atoms with Crippen molar-refractivity contribution in [3.8, 4) is 11.8 Å². The van der Waals surface area contributed by atoms with Crippen LogP contribution in [0.15, 0.2) is 18.2 Å². The van der Waals surface area contributed by atoms with Crippen molar-refractivity contribution in [2.75, 3.05) is 0 Å². The van der Waals surface area contributed by atoms with Gasteiger partial charge in [0.1, 0.15) is 0 Å². The standard InChI is InChI=1S/C9H9FN2O/c10-9-6(7(12)4-5-11)2-1-3-8(9)13/h1-3,7,13H,4,12H2/t7-/m0/s1. The normalized spacial score (nSPS) is 12.1. The zero-order chi connectivity index (χ0) is 9.84. The SMILES string of the molecule is N#CC[C@H](N)c1cccc(O)c1F. The van der Waals surface area contributed by atoms with Crippen molar-refractivity contribution in [3.05, 3.63) is 29.6 Å². The maximum absolute atomic E-state index is 13.1. The lowest BCUT2D eigenvalue weighted by Gasteiger charge is -2.09. The second-order valence-electron chi connectivity index (χ2n) is 2.65. The third kappa shape index (κ3) is 1.95. The predicted molar refractivity (Wildman–Crippen MR) is 45.2 cm³/mol. The first-order valence-corrected chi connectivity index (χ1v) is 3.76. The van der Waals surface area contributed by atoms with Gasteiger partial charge in [-0.3, -0.25) is 0 Å². The van der Waals surface area contributed by atoms with E-state index in [1.165, 1.54) is 18.2 Å². The van der Waals surface area contributed by atoms with Crippen molar-refractivity contribution in [2.45, 2.75) is 12.5 Å². The van der Waals surface area contributed by atoms with Gasteiger partial charge in [0, 0.05) is 11.6 Å². The van der Waals surface area contributed by atoms with E-state index in [4.69, 9.17) is 16.1 Å². The topological polar surface area (TPSA) is 70.0 Å². The van der Waals surface area contributed by atoms with Crippen molar-refractivity contribution in [2.24, 2.45) is 5.73 Å². The first kappa shape index (κ1) is 9.49. The van der Waals surface area contributed by atoms with Crippen molar-refractivity contribution < 1.29 is 9.50 Å². The molecule has 0 heterocycles. The zero-order valence-electron chi connectivity index (χ0n) is 6.87. The van der Waals surface area contributed by atoms with Gasteiger partial charge in [-0.25, -0.2) is 4.39 Å². The molecular weight excluding hydrogens is 171 g/mol. The molecule has 0 unspecified atom stereocenters. The zero-order valence-corrected chi connectivity index (χ0v) is 6.87. The molecule has 13 heavy (non-hydrogen) atoms. The van der Waals surface area contributed by atoms with E-state index < -0.39 is 17.6 Å². The first-order chi connectivity index (χ1) is 6.16. The molecule has 0 bridgehead atoms. The second kappa shape index (κ2) is 3.87. The number of halogens is 1. The van der Waals surface area contributed by atoms with Crippen LogP contribution in [-0.2, 0) is 0 Å². The Morgan fingerprint density at radius 2 is 2.31 bits per heavy atom. The molecular formula is C9H9FN2O. The average molecular weight is 180 g/mol. The third-order valence-electron chi connectivity index (χ3n) is 1.72. The van der Waals surface area contributed by atoms with E-state index in [1.54, 1.807) is 0 Å². The number of hydrogen-bond acceptors (Lipinski definition) is 3. The Morgan fingerprint density at radius 1 is 1.62 bits per heavy atom. The summed E-state index contributed by atoms with van der Waals surface area (Å²) in [7, 11) is 0. The minimum absolute atomic E-state index is 0.0281. The van der Waals surface area contributed by atoms with Crippen LogP contribution in [0.3, 0.4) is 0 Å². The molecule has 1 aromatic carbocycles. The number of benzene rings is 1. The number of aromatic hydroxyl groups is 1. The molecule has 0 spiro atoms. The average Bonchev–Trinajstić information content (AvgIpc) is 2.10. The minimum Gasteiger partial charge on any atom is -0.505 e. The van der Waals surface area contributed by atoms with Gasteiger partial charge in [-0.2, -0.15) is 5.26 Å². The Hall–Kier alpha value is -1.60. The van der Waals surface area contributed by atoms with E-state index in [0.717, 1.165) is 0 Å². The third-order valence-corrected chi connectivity index (χ3v) is 1.72. The van der Waals surface area contributed by atoms with E-state index in [9.17, 15) is 4.39 Å². The Kier molecular flexibility index (Phi) is 2.83. The van der Waals surface area contributed by atoms with Crippen LogP contribution in [0.4, 0.5) is 4.39 Å². The van der Waals surface area contributed by atoms with Gasteiger partial charge in [0.25, 0.3) is 0 Å². The van der Waals surface area contributed by atoms with Crippen LogP contribution in [0.1, 0.15) is 18.0 Å². The van der Waals surface area contributed by atoms with Crippen molar-refractivity contribution in [1.82, 2.24) is 0 Å². The van der Waals surface area contributed by atoms with Gasteiger partial charge < -0.3 is 10.8 Å². The summed E-state index contributed by atoms with van der Waals surface area (Å²) in [4.78, 5) is 0. The van der Waals surface area contributed by atoms with E-state index >= 15 is 0 Å². The van der Waals surface area contributed by atoms with Crippen molar-refractivity contribution in [3.63, 3.8) is 0 Å². The van der Waals surface area contributed by atoms with Crippen LogP contribution >= 0.6 is 0 Å². The monoisotopic (exact) mass is 180 g/mol. The van der Waals surface area contributed by atoms with Gasteiger partial charge in [-0.1, -0.05) is 12.1 Å². The predicted octanol–water partition coefficient (Wildman–Crippen LogP) is 1.44. The van der Waals surface area contributed by atoms with Crippen LogP contribution < -0.4 is 5.73 Å². The second-order valence-corrected chi connectivity index (χ2v) is 2.65. The molecule has 1 atom stereocenters. The molecule has 0 aliphatic carbocycles. The molecule has 0 aromatic heterocycles. The highest BCUT2D eigenvalue weighted by Crippen LogP contribution is 2.23. The van der Waals surface area contributed by atoms with Crippen LogP contribution in [-0.4, -0.2) is 5.11 Å². The van der Waals surface area contributed by atoms with E-state index in [0.29, 0.717) is 0 Å². The Morgan fingerprint density at radius 3 is 2.92 bits per heavy atom. The van der Waals surface area contributed by atoms with Crippen molar-refractivity contribution >= 4 is 0 Å². The summed E-state index contributed by atoms with van der Waals surface area (Å²) in [5.74, 6) is -1.18. The highest BCUT2D eigenvalue weighted by molar-refractivity contribution is 5.32. The highest BCUT2D eigenvalue weighted by atomic mass is 19.1. The fourth-order valence-corrected chi connectivity index (χ4v) is 1.03. The maximum Gasteiger partial charge on any atom is 0.169 e. The fourth-order valence-electron chi connectivity index (χ4n) is 1.03. The lowest BCUT2D eigenvalue weighted by Crippen LogP contribution is -2.11. The van der Waals surface area contributed by atoms with Gasteiger partial charge in [-0.05, 0) is 6.07 Å². The first-order valence-electron chi connectivity index (χ1n) is 3.76. The molecule has 0 radical (unpaired) electrons. The fraction of sp³-hybridized carbons (Fsp3) is 0.222. The van der Waals surface area contributed by atoms with Crippen LogP contribution in [0, 0.1) is 17.1 Å². The van der Waals surface area contributed by atoms with Crippen molar-refractivity contribution in [1.29, 1.82) is 5.26 Å². The highest BCUT2D eigenvalue weighted by Gasteiger charge is 2.13. The number of hydrogen-bond donors (Lipinski definition) is 2. The van der Waals surface area contributed by atoms with E-state index in [-0.39, 0.29) is 12.0 Å². The number of nitrogens with zero attached hydrogens (tertiary/aromatic N) is 1. The molecule has 3 nitrogen and oxygen atoms in total. The van der Waals surface area contributed by atoms with Crippen LogP contribution in [0.25, 0.3) is 0 Å². The summed E-state index contributed by atoms with van der Waals surface area (Å²) in [5, 5.41) is 17.3. The minimum atomic E-state index is -0.745. The summed E-state index contributed by atoms with van der Waals surface area (Å²) >= 11 is 0. The molecule has 0 amide bonds. The lowest BCUT2D eigenvalue weighted by atomic mass is 10.0. The van der Waals surface area contributed by atoms with E-state index in [1.807, 2.05) is 6.07 Å². The molecule has 1 rings (SSSR count). The van der Waals surface area contributed by atoms with Gasteiger partial charge in [0.2, 0.25) is 0 Å². The lowest BCUT2D eigenvalue weighted by molar-refractivity contribution is 0.425. The smallest absolute Gasteiger partial charge is 0.169 e. The van der Waals surface area contributed by atoms with Crippen LogP contribution in [0.2, 0.25) is 0 Å². The number of phenols is 1. The molecule has 4 heteroatoms. The molecule has 1 aromatic rings. The summed E-state index contributed by atoms with van der Waals surface area (Å²) in [5.41, 5.74) is 5.67. The number of nitrogens with two attached hydrogens (primary N) is 1.